The van der Waals surface area contributed by atoms with Crippen LogP contribution in [0.4, 0.5) is 0 Å². The number of allylic oxidation sites excluding steroid dienone is 2. The lowest BCUT2D eigenvalue weighted by atomic mass is 9.72. The van der Waals surface area contributed by atoms with Crippen molar-refractivity contribution in [2.75, 3.05) is 6.61 Å². The minimum atomic E-state index is 0.148. The molecule has 0 saturated heterocycles. The highest BCUT2D eigenvalue weighted by molar-refractivity contribution is 5.00. The molecule has 0 radical (unpaired) electrons. The molecular weight excluding hydrogens is 124 g/mol. The number of aliphatic hydroxyl groups is 1. The number of hydrogen-bond donors (Lipinski definition) is 1. The van der Waals surface area contributed by atoms with E-state index in [9.17, 15) is 0 Å². The third-order valence-corrected chi connectivity index (χ3v) is 2.77. The second-order valence-electron chi connectivity index (χ2n) is 3.57. The second kappa shape index (κ2) is 2.75. The van der Waals surface area contributed by atoms with Crippen LogP contribution < -0.4 is 0 Å². The second-order valence-corrected chi connectivity index (χ2v) is 3.57. The molecular formula is C9H16O. The molecule has 58 valence electrons. The van der Waals surface area contributed by atoms with Gasteiger partial charge in [0.25, 0.3) is 0 Å². The maximum atomic E-state index is 9.09. The first-order valence-electron chi connectivity index (χ1n) is 3.96. The summed E-state index contributed by atoms with van der Waals surface area (Å²) in [7, 11) is 0. The highest BCUT2D eigenvalue weighted by Crippen LogP contribution is 2.36. The highest BCUT2D eigenvalue weighted by atomic mass is 16.3. The lowest BCUT2D eigenvalue weighted by Crippen LogP contribution is -2.30. The SMILES string of the molecule is CC1C=CCCC1(C)CO. The molecule has 0 amide bonds. The third-order valence-electron chi connectivity index (χ3n) is 2.77. The number of hydrogen-bond acceptors (Lipinski definition) is 1. The molecule has 0 heterocycles. The van der Waals surface area contributed by atoms with E-state index >= 15 is 0 Å². The van der Waals surface area contributed by atoms with Crippen LogP contribution in [0.25, 0.3) is 0 Å². The van der Waals surface area contributed by atoms with Crippen molar-refractivity contribution in [2.24, 2.45) is 11.3 Å². The molecule has 10 heavy (non-hydrogen) atoms. The molecule has 0 saturated carbocycles. The molecule has 1 heteroatoms. The van der Waals surface area contributed by atoms with Gasteiger partial charge in [0.15, 0.2) is 0 Å². The van der Waals surface area contributed by atoms with Crippen molar-refractivity contribution in [1.82, 2.24) is 0 Å². The zero-order chi connectivity index (χ0) is 7.61. The van der Waals surface area contributed by atoms with Crippen LogP contribution >= 0.6 is 0 Å². The Morgan fingerprint density at radius 2 is 2.40 bits per heavy atom. The molecule has 1 rings (SSSR count). The fourth-order valence-electron chi connectivity index (χ4n) is 1.40. The lowest BCUT2D eigenvalue weighted by Gasteiger charge is -2.34. The fourth-order valence-corrected chi connectivity index (χ4v) is 1.40. The van der Waals surface area contributed by atoms with E-state index in [0.717, 1.165) is 12.8 Å². The van der Waals surface area contributed by atoms with Gasteiger partial charge in [-0.05, 0) is 24.2 Å². The Balaban J connectivity index is 2.67. The normalized spacial score (nSPS) is 40.1. The van der Waals surface area contributed by atoms with E-state index in [4.69, 9.17) is 5.11 Å². The van der Waals surface area contributed by atoms with Crippen molar-refractivity contribution in [3.8, 4) is 0 Å². The highest BCUT2D eigenvalue weighted by Gasteiger charge is 2.29. The van der Waals surface area contributed by atoms with E-state index in [2.05, 4.69) is 26.0 Å². The predicted molar refractivity (Wildman–Crippen MR) is 42.7 cm³/mol. The molecule has 0 fully saturated rings. The lowest BCUT2D eigenvalue weighted by molar-refractivity contribution is 0.0930. The van der Waals surface area contributed by atoms with Gasteiger partial charge < -0.3 is 5.11 Å². The van der Waals surface area contributed by atoms with Crippen LogP contribution in [-0.2, 0) is 0 Å². The van der Waals surface area contributed by atoms with E-state index in [0.29, 0.717) is 12.5 Å². The van der Waals surface area contributed by atoms with Gasteiger partial charge in [0.1, 0.15) is 0 Å². The Hall–Kier alpha value is -0.300. The van der Waals surface area contributed by atoms with Gasteiger partial charge in [-0.2, -0.15) is 0 Å². The number of aliphatic hydroxyl groups excluding tert-OH is 1. The Kier molecular flexibility index (Phi) is 2.14. The average molecular weight is 140 g/mol. The minimum Gasteiger partial charge on any atom is -0.396 e. The van der Waals surface area contributed by atoms with Gasteiger partial charge in [-0.15, -0.1) is 0 Å². The summed E-state index contributed by atoms with van der Waals surface area (Å²) in [5.74, 6) is 0.534. The molecule has 0 aromatic rings. The molecule has 0 spiro atoms. The monoisotopic (exact) mass is 140 g/mol. The van der Waals surface area contributed by atoms with Gasteiger partial charge in [-0.3, -0.25) is 0 Å². The maximum absolute atomic E-state index is 9.09. The first-order chi connectivity index (χ1) is 4.69. The molecule has 1 nitrogen and oxygen atoms in total. The van der Waals surface area contributed by atoms with E-state index in [1.807, 2.05) is 0 Å². The van der Waals surface area contributed by atoms with Gasteiger partial charge in [-0.25, -0.2) is 0 Å². The van der Waals surface area contributed by atoms with Crippen molar-refractivity contribution < 1.29 is 5.11 Å². The fraction of sp³-hybridized carbons (Fsp3) is 0.778. The van der Waals surface area contributed by atoms with Crippen molar-refractivity contribution in [3.63, 3.8) is 0 Å². The molecule has 0 aromatic carbocycles. The van der Waals surface area contributed by atoms with E-state index in [1.54, 1.807) is 0 Å². The molecule has 2 atom stereocenters. The maximum Gasteiger partial charge on any atom is 0.0490 e. The predicted octanol–water partition coefficient (Wildman–Crippen LogP) is 1.97. The number of rotatable bonds is 1. The van der Waals surface area contributed by atoms with Crippen molar-refractivity contribution in [2.45, 2.75) is 26.7 Å². The zero-order valence-electron chi connectivity index (χ0n) is 6.80. The molecule has 1 N–H and O–H groups in total. The molecule has 1 aliphatic carbocycles. The van der Waals surface area contributed by atoms with Gasteiger partial charge in [0, 0.05) is 6.61 Å². The minimum absolute atomic E-state index is 0.148. The van der Waals surface area contributed by atoms with Gasteiger partial charge >= 0.3 is 0 Å². The smallest absolute Gasteiger partial charge is 0.0490 e. The zero-order valence-corrected chi connectivity index (χ0v) is 6.80. The summed E-state index contributed by atoms with van der Waals surface area (Å²) < 4.78 is 0. The summed E-state index contributed by atoms with van der Waals surface area (Å²) in [6.45, 7) is 4.64. The third kappa shape index (κ3) is 1.24. The van der Waals surface area contributed by atoms with Gasteiger partial charge in [0.05, 0.1) is 0 Å². The summed E-state index contributed by atoms with van der Waals surface area (Å²) in [6.07, 6.45) is 6.67. The van der Waals surface area contributed by atoms with Crippen LogP contribution in [0.5, 0.6) is 0 Å². The van der Waals surface area contributed by atoms with Crippen LogP contribution in [0.15, 0.2) is 12.2 Å². The molecule has 0 bridgehead atoms. The Bertz CT molecular complexity index is 140. The molecule has 0 aliphatic heterocycles. The largest absolute Gasteiger partial charge is 0.396 e. The first-order valence-corrected chi connectivity index (χ1v) is 3.96. The van der Waals surface area contributed by atoms with Crippen molar-refractivity contribution in [3.05, 3.63) is 12.2 Å². The van der Waals surface area contributed by atoms with Gasteiger partial charge in [0.2, 0.25) is 0 Å². The van der Waals surface area contributed by atoms with Gasteiger partial charge in [-0.1, -0.05) is 26.0 Å². The standard InChI is InChI=1S/C9H16O/c1-8-5-3-4-6-9(8,2)7-10/h3,5,8,10H,4,6-7H2,1-2H3. The Morgan fingerprint density at radius 3 is 2.80 bits per heavy atom. The van der Waals surface area contributed by atoms with Crippen LogP contribution in [0.1, 0.15) is 26.7 Å². The van der Waals surface area contributed by atoms with E-state index in [1.165, 1.54) is 0 Å². The molecule has 0 aromatic heterocycles. The summed E-state index contributed by atoms with van der Waals surface area (Å²) >= 11 is 0. The topological polar surface area (TPSA) is 20.2 Å². The summed E-state index contributed by atoms with van der Waals surface area (Å²) in [6, 6.07) is 0. The van der Waals surface area contributed by atoms with Crippen molar-refractivity contribution in [1.29, 1.82) is 0 Å². The summed E-state index contributed by atoms with van der Waals surface area (Å²) in [5, 5.41) is 9.09. The quantitative estimate of drug-likeness (QED) is 0.552. The van der Waals surface area contributed by atoms with Crippen LogP contribution in [0, 0.1) is 11.3 Å². The average Bonchev–Trinajstić information content (AvgIpc) is 1.96. The van der Waals surface area contributed by atoms with E-state index < -0.39 is 0 Å². The first kappa shape index (κ1) is 7.80. The molecule has 2 unspecified atom stereocenters. The summed E-state index contributed by atoms with van der Waals surface area (Å²) in [5.41, 5.74) is 0.148. The Labute approximate surface area is 62.8 Å². The Morgan fingerprint density at radius 1 is 1.70 bits per heavy atom. The van der Waals surface area contributed by atoms with E-state index in [-0.39, 0.29) is 5.41 Å². The summed E-state index contributed by atoms with van der Waals surface area (Å²) in [4.78, 5) is 0. The van der Waals surface area contributed by atoms with Crippen LogP contribution in [-0.4, -0.2) is 11.7 Å². The van der Waals surface area contributed by atoms with Crippen molar-refractivity contribution >= 4 is 0 Å². The molecule has 1 aliphatic rings. The van der Waals surface area contributed by atoms with Crippen LogP contribution in [0.2, 0.25) is 0 Å². The van der Waals surface area contributed by atoms with Crippen LogP contribution in [0.3, 0.4) is 0 Å².